The average molecular weight is 529 g/mol. The van der Waals surface area contributed by atoms with Gasteiger partial charge in [0.25, 0.3) is 5.56 Å². The van der Waals surface area contributed by atoms with Gasteiger partial charge in [0.2, 0.25) is 4.80 Å². The monoisotopic (exact) mass is 527 g/mol. The zero-order valence-corrected chi connectivity index (χ0v) is 22.5. The van der Waals surface area contributed by atoms with E-state index in [2.05, 4.69) is 6.92 Å². The maximum absolute atomic E-state index is 13.4. The lowest BCUT2D eigenvalue weighted by atomic mass is 10.2. The summed E-state index contributed by atoms with van der Waals surface area (Å²) in [7, 11) is 1.86. The number of thiazole rings is 1. The Morgan fingerprint density at radius 2 is 1.86 bits per heavy atom. The highest BCUT2D eigenvalue weighted by Gasteiger charge is 2.17. The van der Waals surface area contributed by atoms with Gasteiger partial charge >= 0.3 is 0 Å². The third kappa shape index (κ3) is 5.22. The summed E-state index contributed by atoms with van der Waals surface area (Å²) in [6.07, 6.45) is 2.99. The van der Waals surface area contributed by atoms with Gasteiger partial charge in [0.15, 0.2) is 5.69 Å². The van der Waals surface area contributed by atoms with Crippen molar-refractivity contribution in [1.82, 2.24) is 14.0 Å². The zero-order chi connectivity index (χ0) is 25.1. The van der Waals surface area contributed by atoms with Gasteiger partial charge in [0, 0.05) is 28.7 Å². The van der Waals surface area contributed by atoms with E-state index in [1.54, 1.807) is 21.5 Å². The summed E-state index contributed by atoms with van der Waals surface area (Å²) in [4.78, 5) is 18.8. The number of halogens is 2. The highest BCUT2D eigenvalue weighted by atomic mass is 35.5. The summed E-state index contributed by atoms with van der Waals surface area (Å²) >= 11 is 14.2. The van der Waals surface area contributed by atoms with Crippen LogP contribution in [0.1, 0.15) is 38.8 Å². The number of nitrogens with zero attached hydrogens (tertiary/aromatic N) is 5. The van der Waals surface area contributed by atoms with Crippen molar-refractivity contribution in [2.75, 3.05) is 0 Å². The molecule has 0 N–H and O–H groups in total. The lowest BCUT2D eigenvalue weighted by molar-refractivity contribution is 0.630. The first-order chi connectivity index (χ1) is 16.8. The first-order valence-corrected chi connectivity index (χ1v) is 13.0. The van der Waals surface area contributed by atoms with E-state index < -0.39 is 0 Å². The molecule has 0 aliphatic heterocycles. The van der Waals surface area contributed by atoms with E-state index in [0.29, 0.717) is 20.5 Å². The van der Waals surface area contributed by atoms with E-state index in [9.17, 15) is 4.79 Å². The Morgan fingerprint density at radius 3 is 2.57 bits per heavy atom. The third-order valence-electron chi connectivity index (χ3n) is 5.78. The smallest absolute Gasteiger partial charge is 0.283 e. The number of para-hydroxylation sites is 1. The molecular weight excluding hydrogens is 501 g/mol. The van der Waals surface area contributed by atoms with Gasteiger partial charge in [-0.05, 0) is 57.0 Å². The second-order valence-corrected chi connectivity index (χ2v) is 9.98. The Morgan fingerprint density at radius 1 is 1.11 bits per heavy atom. The van der Waals surface area contributed by atoms with Crippen molar-refractivity contribution in [3.8, 4) is 16.9 Å². The average Bonchev–Trinajstić information content (AvgIpc) is 3.33. The van der Waals surface area contributed by atoms with Crippen molar-refractivity contribution >= 4 is 45.9 Å². The van der Waals surface area contributed by atoms with Crippen LogP contribution < -0.4 is 10.4 Å². The number of unbranched alkanes of at least 4 members (excludes halogenated alkanes) is 1. The number of aromatic nitrogens is 3. The lowest BCUT2D eigenvalue weighted by Gasteiger charge is -2.08. The minimum atomic E-state index is -0.190. The minimum absolute atomic E-state index is 0.190. The normalized spacial score (nSPS) is 12.5. The molecule has 0 amide bonds. The molecule has 0 aliphatic carbocycles. The van der Waals surface area contributed by atoms with Crippen LogP contribution in [0.4, 0.5) is 5.69 Å². The molecule has 0 unspecified atom stereocenters. The fraction of sp³-hybridized carbons (Fsp3) is 0.269. The molecule has 0 atom stereocenters. The highest BCUT2D eigenvalue weighted by Crippen LogP contribution is 2.31. The summed E-state index contributed by atoms with van der Waals surface area (Å²) in [5.41, 5.74) is 4.22. The van der Waals surface area contributed by atoms with Crippen LogP contribution in [0, 0.1) is 6.92 Å². The maximum Gasteiger partial charge on any atom is 0.297 e. The van der Waals surface area contributed by atoms with Gasteiger partial charge in [0.1, 0.15) is 0 Å². The molecule has 4 aromatic rings. The quantitative estimate of drug-likeness (QED) is 0.239. The molecule has 182 valence electrons. The van der Waals surface area contributed by atoms with Crippen LogP contribution in [0.3, 0.4) is 0 Å². The summed E-state index contributed by atoms with van der Waals surface area (Å²) in [5.74, 6) is 0. The maximum atomic E-state index is 13.4. The third-order valence-corrected chi connectivity index (χ3v) is 7.16. The van der Waals surface area contributed by atoms with Crippen LogP contribution >= 0.6 is 34.5 Å². The largest absolute Gasteiger partial charge is 0.297 e. The van der Waals surface area contributed by atoms with Gasteiger partial charge < -0.3 is 0 Å². The fourth-order valence-electron chi connectivity index (χ4n) is 3.79. The SMILES string of the molecule is CCCCC(C)=Nn1c(-c2cc(Cl)ccc2Cl)csc1=Nc1c(C)n(C)n(-c2ccccc2)c1=O. The fourth-order valence-corrected chi connectivity index (χ4v) is 5.00. The minimum Gasteiger partial charge on any atom is -0.283 e. The molecule has 0 fully saturated rings. The van der Waals surface area contributed by atoms with Crippen LogP contribution in [0.2, 0.25) is 10.0 Å². The van der Waals surface area contributed by atoms with Crippen LogP contribution in [0.25, 0.3) is 16.9 Å². The van der Waals surface area contributed by atoms with Gasteiger partial charge in [-0.15, -0.1) is 11.3 Å². The summed E-state index contributed by atoms with van der Waals surface area (Å²) < 4.78 is 5.21. The molecule has 0 saturated carbocycles. The van der Waals surface area contributed by atoms with E-state index >= 15 is 0 Å². The molecule has 0 spiro atoms. The first-order valence-electron chi connectivity index (χ1n) is 11.4. The van der Waals surface area contributed by atoms with Crippen LogP contribution in [-0.2, 0) is 7.05 Å². The molecule has 2 heterocycles. The molecule has 35 heavy (non-hydrogen) atoms. The zero-order valence-electron chi connectivity index (χ0n) is 20.1. The van der Waals surface area contributed by atoms with Crippen LogP contribution in [0.15, 0.2) is 68.8 Å². The molecule has 0 aliphatic rings. The Kier molecular flexibility index (Phi) is 7.79. The van der Waals surface area contributed by atoms with E-state index in [1.807, 2.05) is 67.4 Å². The summed E-state index contributed by atoms with van der Waals surface area (Å²) in [5, 5.41) is 7.97. The Balaban J connectivity index is 1.95. The Hall–Kier alpha value is -2.87. The van der Waals surface area contributed by atoms with Gasteiger partial charge in [0.05, 0.1) is 22.1 Å². The van der Waals surface area contributed by atoms with Crippen LogP contribution in [0.5, 0.6) is 0 Å². The molecular formula is C26H27Cl2N5OS. The molecule has 0 radical (unpaired) electrons. The standard InChI is InChI=1S/C26H27Cl2N5OS/c1-5-6-10-17(2)30-32-23(21-15-19(27)13-14-22(21)28)16-35-26(32)29-24-18(3)31(4)33(25(24)34)20-11-8-7-9-12-20/h7-9,11-16H,5-6,10H2,1-4H3. The van der Waals surface area contributed by atoms with Gasteiger partial charge in [-0.1, -0.05) is 54.7 Å². The molecule has 2 aromatic heterocycles. The molecule has 0 bridgehead atoms. The van der Waals surface area contributed by atoms with Crippen molar-refractivity contribution in [3.63, 3.8) is 0 Å². The first kappa shape index (κ1) is 25.2. The van der Waals surface area contributed by atoms with E-state index in [1.165, 1.54) is 11.3 Å². The van der Waals surface area contributed by atoms with Crippen molar-refractivity contribution in [1.29, 1.82) is 0 Å². The van der Waals surface area contributed by atoms with Gasteiger partial charge in [-0.3, -0.25) is 9.48 Å². The van der Waals surface area contributed by atoms with Crippen LogP contribution in [-0.4, -0.2) is 19.8 Å². The second-order valence-electron chi connectivity index (χ2n) is 8.30. The molecule has 2 aromatic carbocycles. The summed E-state index contributed by atoms with van der Waals surface area (Å²) in [6, 6.07) is 14.9. The number of hydrogen-bond acceptors (Lipinski definition) is 4. The van der Waals surface area contributed by atoms with Crippen molar-refractivity contribution in [2.24, 2.45) is 17.1 Å². The van der Waals surface area contributed by atoms with Crippen molar-refractivity contribution < 1.29 is 0 Å². The lowest BCUT2D eigenvalue weighted by Crippen LogP contribution is -2.20. The van der Waals surface area contributed by atoms with Gasteiger partial charge in [-0.25, -0.2) is 14.4 Å². The number of rotatable bonds is 7. The van der Waals surface area contributed by atoms with Crippen molar-refractivity contribution in [2.45, 2.75) is 40.0 Å². The predicted molar refractivity (Wildman–Crippen MR) is 147 cm³/mol. The Bertz CT molecular complexity index is 1510. The molecule has 4 rings (SSSR count). The number of benzene rings is 2. The van der Waals surface area contributed by atoms with E-state index in [0.717, 1.165) is 47.6 Å². The number of hydrogen-bond donors (Lipinski definition) is 0. The predicted octanol–water partition coefficient (Wildman–Crippen LogP) is 6.97. The molecule has 0 saturated heterocycles. The second kappa shape index (κ2) is 10.8. The van der Waals surface area contributed by atoms with E-state index in [-0.39, 0.29) is 5.56 Å². The molecule has 9 heteroatoms. The highest BCUT2D eigenvalue weighted by molar-refractivity contribution is 7.07. The summed E-state index contributed by atoms with van der Waals surface area (Å²) in [6.45, 7) is 6.05. The van der Waals surface area contributed by atoms with Gasteiger partial charge in [-0.2, -0.15) is 5.10 Å². The molecule has 6 nitrogen and oxygen atoms in total. The van der Waals surface area contributed by atoms with E-state index in [4.69, 9.17) is 33.3 Å². The Labute approximate surface area is 218 Å². The van der Waals surface area contributed by atoms with Crippen molar-refractivity contribution in [3.05, 3.63) is 84.8 Å². The topological polar surface area (TPSA) is 56.6 Å².